The largest absolute Gasteiger partial charge is 0.347 e. The number of hydrogen-bond acceptors (Lipinski definition) is 3. The Labute approximate surface area is 93.9 Å². The van der Waals surface area contributed by atoms with Crippen LogP contribution >= 0.6 is 0 Å². The van der Waals surface area contributed by atoms with Crippen LogP contribution in [0.2, 0.25) is 0 Å². The third-order valence-corrected chi connectivity index (χ3v) is 2.72. The van der Waals surface area contributed by atoms with Gasteiger partial charge in [-0.05, 0) is 5.41 Å². The molecular formula is C11H15N3O2. The van der Waals surface area contributed by atoms with Gasteiger partial charge in [-0.15, -0.1) is 0 Å². The number of aromatic amines is 1. The minimum Gasteiger partial charge on any atom is -0.347 e. The van der Waals surface area contributed by atoms with Gasteiger partial charge >= 0.3 is 0 Å². The minimum absolute atomic E-state index is 0.113. The summed E-state index contributed by atoms with van der Waals surface area (Å²) in [5.74, 6) is 0.414. The topological polar surface area (TPSA) is 66.1 Å². The molecule has 0 aliphatic carbocycles. The third kappa shape index (κ3) is 2.13. The summed E-state index contributed by atoms with van der Waals surface area (Å²) >= 11 is 0. The second-order valence-corrected chi connectivity index (χ2v) is 4.93. The fourth-order valence-electron chi connectivity index (χ4n) is 1.92. The van der Waals surface area contributed by atoms with Crippen molar-refractivity contribution >= 4 is 11.8 Å². The molecule has 1 aliphatic rings. The molecule has 0 unspecified atom stereocenters. The molecule has 16 heavy (non-hydrogen) atoms. The second kappa shape index (κ2) is 3.73. The van der Waals surface area contributed by atoms with E-state index in [2.05, 4.69) is 9.97 Å². The maximum Gasteiger partial charge on any atom is 0.230 e. The van der Waals surface area contributed by atoms with Crippen LogP contribution in [0.5, 0.6) is 0 Å². The predicted molar refractivity (Wildman–Crippen MR) is 57.2 cm³/mol. The molecule has 5 nitrogen and oxygen atoms in total. The number of likely N-dealkylation sites (tertiary alicyclic amines) is 1. The Bertz CT molecular complexity index is 389. The molecule has 1 fully saturated rings. The van der Waals surface area contributed by atoms with Crippen molar-refractivity contribution in [2.45, 2.75) is 33.2 Å². The maximum absolute atomic E-state index is 11.8. The molecule has 2 amide bonds. The SMILES string of the molecule is CC1(C)CC(=O)N(Cc2ncc[nH]2)C(=O)C1. The van der Waals surface area contributed by atoms with E-state index in [0.717, 1.165) is 0 Å². The van der Waals surface area contributed by atoms with Crippen molar-refractivity contribution in [1.82, 2.24) is 14.9 Å². The Morgan fingerprint density at radius 3 is 2.50 bits per heavy atom. The van der Waals surface area contributed by atoms with Crippen molar-refractivity contribution in [1.29, 1.82) is 0 Å². The number of hydrogen-bond donors (Lipinski definition) is 1. The highest BCUT2D eigenvalue weighted by Gasteiger charge is 2.37. The minimum atomic E-state index is -0.214. The third-order valence-electron chi connectivity index (χ3n) is 2.72. The molecule has 1 saturated heterocycles. The zero-order chi connectivity index (χ0) is 11.8. The van der Waals surface area contributed by atoms with Crippen LogP contribution in [0.25, 0.3) is 0 Å². The fourth-order valence-corrected chi connectivity index (χ4v) is 1.92. The number of nitrogens with one attached hydrogen (secondary N) is 1. The number of aromatic nitrogens is 2. The molecule has 2 heterocycles. The number of imide groups is 1. The summed E-state index contributed by atoms with van der Waals surface area (Å²) < 4.78 is 0. The Kier molecular flexibility index (Phi) is 2.53. The molecule has 0 bridgehead atoms. The first-order chi connectivity index (χ1) is 7.48. The van der Waals surface area contributed by atoms with Crippen LogP contribution in [0.3, 0.4) is 0 Å². The van der Waals surface area contributed by atoms with Crippen LogP contribution in [-0.4, -0.2) is 26.7 Å². The number of nitrogens with zero attached hydrogens (tertiary/aromatic N) is 2. The summed E-state index contributed by atoms with van der Waals surface area (Å²) in [6.45, 7) is 4.13. The van der Waals surface area contributed by atoms with Gasteiger partial charge in [0.25, 0.3) is 0 Å². The smallest absolute Gasteiger partial charge is 0.230 e. The number of imidazole rings is 1. The zero-order valence-electron chi connectivity index (χ0n) is 9.49. The number of piperidine rings is 1. The van der Waals surface area contributed by atoms with Gasteiger partial charge in [-0.1, -0.05) is 13.8 Å². The highest BCUT2D eigenvalue weighted by atomic mass is 16.2. The lowest BCUT2D eigenvalue weighted by atomic mass is 9.82. The van der Waals surface area contributed by atoms with Crippen molar-refractivity contribution < 1.29 is 9.59 Å². The lowest BCUT2D eigenvalue weighted by Gasteiger charge is -2.34. The van der Waals surface area contributed by atoms with Crippen molar-refractivity contribution in [3.63, 3.8) is 0 Å². The van der Waals surface area contributed by atoms with Crippen LogP contribution in [0.1, 0.15) is 32.5 Å². The van der Waals surface area contributed by atoms with E-state index in [1.807, 2.05) is 13.8 Å². The summed E-state index contributed by atoms with van der Waals surface area (Å²) in [7, 11) is 0. The van der Waals surface area contributed by atoms with E-state index >= 15 is 0 Å². The van der Waals surface area contributed by atoms with Gasteiger partial charge < -0.3 is 4.98 Å². The van der Waals surface area contributed by atoms with Crippen LogP contribution < -0.4 is 0 Å². The van der Waals surface area contributed by atoms with Crippen LogP contribution in [0, 0.1) is 5.41 Å². The van der Waals surface area contributed by atoms with Crippen molar-refractivity contribution in [3.05, 3.63) is 18.2 Å². The van der Waals surface area contributed by atoms with E-state index in [1.165, 1.54) is 4.90 Å². The molecule has 0 aromatic carbocycles. The van der Waals surface area contributed by atoms with Crippen molar-refractivity contribution in [2.75, 3.05) is 0 Å². The average Bonchev–Trinajstić information content (AvgIpc) is 2.62. The summed E-state index contributed by atoms with van der Waals surface area (Å²) in [6, 6.07) is 0. The van der Waals surface area contributed by atoms with E-state index in [0.29, 0.717) is 18.7 Å². The monoisotopic (exact) mass is 221 g/mol. The molecule has 86 valence electrons. The number of carbonyl (C=O) groups is 2. The van der Waals surface area contributed by atoms with Gasteiger partial charge in [0.1, 0.15) is 5.82 Å². The quantitative estimate of drug-likeness (QED) is 0.760. The lowest BCUT2D eigenvalue weighted by Crippen LogP contribution is -2.45. The Morgan fingerprint density at radius 2 is 2.00 bits per heavy atom. The molecule has 1 aromatic heterocycles. The molecule has 5 heteroatoms. The molecule has 2 rings (SSSR count). The van der Waals surface area contributed by atoms with E-state index in [1.54, 1.807) is 12.4 Å². The number of H-pyrrole nitrogens is 1. The highest BCUT2D eigenvalue weighted by molar-refractivity contribution is 5.98. The van der Waals surface area contributed by atoms with Gasteiger partial charge in [0.2, 0.25) is 11.8 Å². The predicted octanol–water partition coefficient (Wildman–Crippen LogP) is 1.08. The molecule has 0 radical (unpaired) electrons. The Hall–Kier alpha value is -1.65. The van der Waals surface area contributed by atoms with E-state index < -0.39 is 0 Å². The number of amides is 2. The van der Waals surface area contributed by atoms with E-state index in [4.69, 9.17) is 0 Å². The average molecular weight is 221 g/mol. The summed E-state index contributed by atoms with van der Waals surface area (Å²) in [5, 5.41) is 0. The molecule has 0 spiro atoms. The normalized spacial score (nSPS) is 20.2. The van der Waals surface area contributed by atoms with Gasteiger partial charge in [-0.3, -0.25) is 14.5 Å². The number of carbonyl (C=O) groups excluding carboxylic acids is 2. The second-order valence-electron chi connectivity index (χ2n) is 4.93. The summed E-state index contributed by atoms with van der Waals surface area (Å²) in [5.41, 5.74) is -0.214. The molecular weight excluding hydrogens is 206 g/mol. The first-order valence-electron chi connectivity index (χ1n) is 5.29. The Balaban J connectivity index is 2.11. The summed E-state index contributed by atoms with van der Waals surface area (Å²) in [4.78, 5) is 31.8. The van der Waals surface area contributed by atoms with Crippen molar-refractivity contribution in [2.24, 2.45) is 5.41 Å². The zero-order valence-corrected chi connectivity index (χ0v) is 9.49. The van der Waals surface area contributed by atoms with Gasteiger partial charge in [-0.2, -0.15) is 0 Å². The standard InChI is InChI=1S/C11H15N3O2/c1-11(2)5-9(15)14(10(16)6-11)7-8-12-3-4-13-8/h3-4H,5-7H2,1-2H3,(H,12,13). The molecule has 1 N–H and O–H groups in total. The summed E-state index contributed by atoms with van der Waals surface area (Å²) in [6.07, 6.45) is 4.12. The lowest BCUT2D eigenvalue weighted by molar-refractivity contribution is -0.153. The van der Waals surface area contributed by atoms with Crippen LogP contribution in [0.4, 0.5) is 0 Å². The van der Waals surface area contributed by atoms with Gasteiger partial charge in [0.05, 0.1) is 6.54 Å². The molecule has 1 aliphatic heterocycles. The first-order valence-corrected chi connectivity index (χ1v) is 5.29. The van der Waals surface area contributed by atoms with Gasteiger partial charge in [0, 0.05) is 25.2 Å². The Morgan fingerprint density at radius 1 is 1.38 bits per heavy atom. The maximum atomic E-state index is 11.8. The van der Waals surface area contributed by atoms with Gasteiger partial charge in [0.15, 0.2) is 0 Å². The fraction of sp³-hybridized carbons (Fsp3) is 0.545. The van der Waals surface area contributed by atoms with Crippen LogP contribution in [0.15, 0.2) is 12.4 Å². The van der Waals surface area contributed by atoms with E-state index in [-0.39, 0.29) is 23.8 Å². The van der Waals surface area contributed by atoms with E-state index in [9.17, 15) is 9.59 Å². The van der Waals surface area contributed by atoms with Crippen molar-refractivity contribution in [3.8, 4) is 0 Å². The molecule has 0 saturated carbocycles. The van der Waals surface area contributed by atoms with Crippen LogP contribution in [-0.2, 0) is 16.1 Å². The van der Waals surface area contributed by atoms with Gasteiger partial charge in [-0.25, -0.2) is 4.98 Å². The highest BCUT2D eigenvalue weighted by Crippen LogP contribution is 2.31. The molecule has 1 aromatic rings. The number of rotatable bonds is 2. The molecule has 0 atom stereocenters. The first kappa shape index (κ1) is 10.9.